The lowest BCUT2D eigenvalue weighted by atomic mass is 9.90. The number of carbonyl (C=O) groups excluding carboxylic acids is 1. The maximum atomic E-state index is 12.8. The van der Waals surface area contributed by atoms with Gasteiger partial charge in [-0.3, -0.25) is 9.48 Å². The number of nitrogens with zero attached hydrogens (tertiary/aromatic N) is 2. The van der Waals surface area contributed by atoms with E-state index in [0.29, 0.717) is 30.3 Å². The standard InChI is InChI=1S/C19H26N4O4.ClH/c1-23-11-12(7-22-23)14-8-20-9-15(14)19(24)21-10-16-17(26-3)5-13(25-2)6-18(16)27-4;/h5-7,11,14-15,20H,8-10H2,1-4H3,(H,21,24);1H/t14-,15+;/m1./s1. The fourth-order valence-corrected chi connectivity index (χ4v) is 3.49. The predicted octanol–water partition coefficient (Wildman–Crippen LogP) is 1.49. The molecule has 0 bridgehead atoms. The first-order chi connectivity index (χ1) is 13.1. The maximum Gasteiger partial charge on any atom is 0.225 e. The first-order valence-electron chi connectivity index (χ1n) is 8.83. The SMILES string of the molecule is COc1cc(OC)c(CNC(=O)[C@H]2CNC[C@@H]2c2cnn(C)c2)c(OC)c1.Cl. The molecule has 1 aliphatic heterocycles. The summed E-state index contributed by atoms with van der Waals surface area (Å²) in [6.07, 6.45) is 3.79. The number of methoxy groups -OCH3 is 3. The van der Waals surface area contributed by atoms with Gasteiger partial charge in [0.05, 0.1) is 45.6 Å². The van der Waals surface area contributed by atoms with Gasteiger partial charge in [-0.15, -0.1) is 12.4 Å². The molecule has 8 nitrogen and oxygen atoms in total. The summed E-state index contributed by atoms with van der Waals surface area (Å²) < 4.78 is 17.9. The summed E-state index contributed by atoms with van der Waals surface area (Å²) >= 11 is 0. The second-order valence-corrected chi connectivity index (χ2v) is 6.55. The van der Waals surface area contributed by atoms with Crippen molar-refractivity contribution in [1.29, 1.82) is 0 Å². The summed E-state index contributed by atoms with van der Waals surface area (Å²) in [5.41, 5.74) is 1.85. The fourth-order valence-electron chi connectivity index (χ4n) is 3.49. The van der Waals surface area contributed by atoms with Gasteiger partial charge in [-0.1, -0.05) is 0 Å². The van der Waals surface area contributed by atoms with E-state index in [1.807, 2.05) is 19.4 Å². The predicted molar refractivity (Wildman–Crippen MR) is 108 cm³/mol. The number of hydrogen-bond donors (Lipinski definition) is 2. The Morgan fingerprint density at radius 3 is 2.43 bits per heavy atom. The zero-order valence-electron chi connectivity index (χ0n) is 16.5. The van der Waals surface area contributed by atoms with Gasteiger partial charge in [0.15, 0.2) is 0 Å². The number of nitrogens with one attached hydrogen (secondary N) is 2. The van der Waals surface area contributed by atoms with Crippen LogP contribution in [0.15, 0.2) is 24.5 Å². The van der Waals surface area contributed by atoms with Gasteiger partial charge in [0, 0.05) is 44.4 Å². The van der Waals surface area contributed by atoms with Crippen LogP contribution in [0.5, 0.6) is 17.2 Å². The van der Waals surface area contributed by atoms with E-state index < -0.39 is 0 Å². The Morgan fingerprint density at radius 2 is 1.89 bits per heavy atom. The summed E-state index contributed by atoms with van der Waals surface area (Å²) in [4.78, 5) is 12.8. The van der Waals surface area contributed by atoms with Crippen molar-refractivity contribution in [2.45, 2.75) is 12.5 Å². The van der Waals surface area contributed by atoms with E-state index in [9.17, 15) is 4.79 Å². The number of aryl methyl sites for hydroxylation is 1. The molecule has 2 atom stereocenters. The van der Waals surface area contributed by atoms with E-state index in [0.717, 1.165) is 17.7 Å². The lowest BCUT2D eigenvalue weighted by Crippen LogP contribution is -2.34. The molecular formula is C19H27ClN4O4. The van der Waals surface area contributed by atoms with Crippen molar-refractivity contribution in [3.63, 3.8) is 0 Å². The Labute approximate surface area is 170 Å². The Kier molecular flexibility index (Phi) is 7.53. The minimum absolute atomic E-state index is 0. The molecule has 1 saturated heterocycles. The normalized spacial score (nSPS) is 18.3. The van der Waals surface area contributed by atoms with Gasteiger partial charge in [-0.2, -0.15) is 5.10 Å². The number of halogens is 1. The van der Waals surface area contributed by atoms with Crippen molar-refractivity contribution in [2.24, 2.45) is 13.0 Å². The number of carbonyl (C=O) groups is 1. The first-order valence-corrected chi connectivity index (χ1v) is 8.83. The van der Waals surface area contributed by atoms with Crippen LogP contribution in [0.25, 0.3) is 0 Å². The van der Waals surface area contributed by atoms with Crippen LogP contribution in [0.2, 0.25) is 0 Å². The van der Waals surface area contributed by atoms with Crippen molar-refractivity contribution in [1.82, 2.24) is 20.4 Å². The second kappa shape index (κ2) is 9.66. The van der Waals surface area contributed by atoms with Crippen LogP contribution in [0, 0.1) is 5.92 Å². The highest BCUT2D eigenvalue weighted by Crippen LogP contribution is 2.34. The second-order valence-electron chi connectivity index (χ2n) is 6.55. The molecule has 2 N–H and O–H groups in total. The molecule has 0 saturated carbocycles. The molecule has 0 spiro atoms. The lowest BCUT2D eigenvalue weighted by Gasteiger charge is -2.19. The first kappa shape index (κ1) is 21.8. The van der Waals surface area contributed by atoms with Crippen LogP contribution < -0.4 is 24.8 Å². The number of amides is 1. The highest BCUT2D eigenvalue weighted by Gasteiger charge is 2.34. The van der Waals surface area contributed by atoms with Gasteiger partial charge in [0.1, 0.15) is 17.2 Å². The van der Waals surface area contributed by atoms with E-state index in [1.165, 1.54) is 0 Å². The number of aromatic nitrogens is 2. The zero-order valence-corrected chi connectivity index (χ0v) is 17.3. The summed E-state index contributed by atoms with van der Waals surface area (Å²) in [5.74, 6) is 1.81. The monoisotopic (exact) mass is 410 g/mol. The summed E-state index contributed by atoms with van der Waals surface area (Å²) in [6.45, 7) is 1.71. The van der Waals surface area contributed by atoms with Crippen molar-refractivity contribution in [2.75, 3.05) is 34.4 Å². The quantitative estimate of drug-likeness (QED) is 0.719. The van der Waals surface area contributed by atoms with E-state index >= 15 is 0 Å². The molecule has 0 aliphatic carbocycles. The molecule has 1 amide bonds. The molecule has 154 valence electrons. The number of benzene rings is 1. The Bertz CT molecular complexity index is 786. The van der Waals surface area contributed by atoms with Gasteiger partial charge >= 0.3 is 0 Å². The van der Waals surface area contributed by atoms with Crippen LogP contribution in [-0.2, 0) is 18.4 Å². The van der Waals surface area contributed by atoms with Crippen LogP contribution in [0.4, 0.5) is 0 Å². The molecule has 1 aromatic carbocycles. The minimum atomic E-state index is -0.149. The van der Waals surface area contributed by atoms with Gasteiger partial charge in [-0.25, -0.2) is 0 Å². The summed E-state index contributed by atoms with van der Waals surface area (Å²) in [6, 6.07) is 3.55. The molecule has 3 rings (SSSR count). The summed E-state index contributed by atoms with van der Waals surface area (Å²) in [7, 11) is 6.63. The van der Waals surface area contributed by atoms with E-state index in [1.54, 1.807) is 38.1 Å². The highest BCUT2D eigenvalue weighted by molar-refractivity contribution is 5.85. The molecule has 2 heterocycles. The average molecular weight is 411 g/mol. The van der Waals surface area contributed by atoms with Crippen LogP contribution in [0.3, 0.4) is 0 Å². The Balaban J connectivity index is 0.00000280. The van der Waals surface area contributed by atoms with Gasteiger partial charge in [0.2, 0.25) is 5.91 Å². The Hall–Kier alpha value is -2.45. The minimum Gasteiger partial charge on any atom is -0.496 e. The Morgan fingerprint density at radius 1 is 1.21 bits per heavy atom. The van der Waals surface area contributed by atoms with Gasteiger partial charge < -0.3 is 24.8 Å². The molecule has 28 heavy (non-hydrogen) atoms. The molecular weight excluding hydrogens is 384 g/mol. The highest BCUT2D eigenvalue weighted by atomic mass is 35.5. The molecule has 0 unspecified atom stereocenters. The average Bonchev–Trinajstić information content (AvgIpc) is 3.34. The van der Waals surface area contributed by atoms with E-state index in [4.69, 9.17) is 14.2 Å². The maximum absolute atomic E-state index is 12.8. The van der Waals surface area contributed by atoms with Crippen LogP contribution >= 0.6 is 12.4 Å². The summed E-state index contributed by atoms with van der Waals surface area (Å²) in [5, 5.41) is 10.6. The number of rotatable bonds is 7. The zero-order chi connectivity index (χ0) is 19.4. The van der Waals surface area contributed by atoms with Crippen molar-refractivity contribution < 1.29 is 19.0 Å². The number of hydrogen-bond acceptors (Lipinski definition) is 6. The molecule has 2 aromatic rings. The third-order valence-electron chi connectivity index (χ3n) is 4.96. The molecule has 1 fully saturated rings. The topological polar surface area (TPSA) is 86.6 Å². The fraction of sp³-hybridized carbons (Fsp3) is 0.474. The molecule has 9 heteroatoms. The third kappa shape index (κ3) is 4.51. The molecule has 1 aromatic heterocycles. The lowest BCUT2D eigenvalue weighted by molar-refractivity contribution is -0.125. The van der Waals surface area contributed by atoms with Crippen molar-refractivity contribution in [3.05, 3.63) is 35.7 Å². The van der Waals surface area contributed by atoms with Crippen LogP contribution in [-0.4, -0.2) is 50.1 Å². The smallest absolute Gasteiger partial charge is 0.225 e. The number of ether oxygens (including phenoxy) is 3. The molecule has 1 aliphatic rings. The molecule has 0 radical (unpaired) electrons. The van der Waals surface area contributed by atoms with Gasteiger partial charge in [0.25, 0.3) is 0 Å². The van der Waals surface area contributed by atoms with Crippen molar-refractivity contribution in [3.8, 4) is 17.2 Å². The van der Waals surface area contributed by atoms with Gasteiger partial charge in [-0.05, 0) is 5.56 Å². The van der Waals surface area contributed by atoms with E-state index in [-0.39, 0.29) is 30.2 Å². The van der Waals surface area contributed by atoms with Crippen molar-refractivity contribution >= 4 is 18.3 Å². The van der Waals surface area contributed by atoms with E-state index in [2.05, 4.69) is 15.7 Å². The third-order valence-corrected chi connectivity index (χ3v) is 4.96. The van der Waals surface area contributed by atoms with Crippen LogP contribution in [0.1, 0.15) is 17.0 Å². The largest absolute Gasteiger partial charge is 0.496 e.